The van der Waals surface area contributed by atoms with E-state index in [9.17, 15) is 9.59 Å². The number of nitrogens with one attached hydrogen (secondary N) is 1. The van der Waals surface area contributed by atoms with Gasteiger partial charge in [-0.2, -0.15) is 0 Å². The molecule has 1 rings (SSSR count). The average Bonchev–Trinajstić information content (AvgIpc) is 2.37. The first-order valence-electron chi connectivity index (χ1n) is 6.37. The summed E-state index contributed by atoms with van der Waals surface area (Å²) in [5, 5.41) is 11.3. The zero-order valence-electron chi connectivity index (χ0n) is 11.3. The fourth-order valence-electron chi connectivity index (χ4n) is 1.63. The minimum Gasteiger partial charge on any atom is -0.484 e. The van der Waals surface area contributed by atoms with Gasteiger partial charge in [0.1, 0.15) is 5.75 Å². The highest BCUT2D eigenvalue weighted by atomic mass is 79.9. The number of carboxylic acids is 1. The van der Waals surface area contributed by atoms with Crippen LogP contribution in [-0.4, -0.2) is 29.6 Å². The largest absolute Gasteiger partial charge is 0.484 e. The van der Waals surface area contributed by atoms with Crippen LogP contribution in [0.25, 0.3) is 0 Å². The summed E-state index contributed by atoms with van der Waals surface area (Å²) in [7, 11) is 0. The van der Waals surface area contributed by atoms with Gasteiger partial charge in [-0.1, -0.05) is 15.9 Å². The van der Waals surface area contributed by atoms with Gasteiger partial charge in [0.05, 0.1) is 0 Å². The Hall–Kier alpha value is -1.56. The van der Waals surface area contributed by atoms with Crippen LogP contribution in [0.4, 0.5) is 0 Å². The number of ether oxygens (including phenoxy) is 1. The van der Waals surface area contributed by atoms with Crippen molar-refractivity contribution in [3.05, 3.63) is 28.7 Å². The Morgan fingerprint density at radius 1 is 1.35 bits per heavy atom. The molecule has 1 amide bonds. The monoisotopic (exact) mass is 343 g/mol. The number of carboxylic acid groups (broad SMARTS) is 1. The Balaban J connectivity index is 2.22. The van der Waals surface area contributed by atoms with E-state index in [1.807, 2.05) is 19.1 Å². The Kier molecular flexibility index (Phi) is 7.08. The standard InChI is InChI=1S/C14H18BrNO4/c1-10(3-2-4-14(18)19)16-13(17)9-20-12-7-5-11(15)6-8-12/h5-8,10H,2-4,9H2,1H3,(H,16,17)(H,18,19). The zero-order valence-corrected chi connectivity index (χ0v) is 12.9. The summed E-state index contributed by atoms with van der Waals surface area (Å²) in [6.45, 7) is 1.80. The molecule has 1 unspecified atom stereocenters. The van der Waals surface area contributed by atoms with Crippen molar-refractivity contribution in [1.82, 2.24) is 5.32 Å². The van der Waals surface area contributed by atoms with E-state index < -0.39 is 5.97 Å². The summed E-state index contributed by atoms with van der Waals surface area (Å²) in [5.74, 6) is -0.403. The van der Waals surface area contributed by atoms with E-state index in [-0.39, 0.29) is 25.0 Å². The molecule has 5 nitrogen and oxygen atoms in total. The van der Waals surface area contributed by atoms with Crippen LogP contribution in [0.1, 0.15) is 26.2 Å². The molecule has 0 saturated heterocycles. The number of amides is 1. The van der Waals surface area contributed by atoms with Crippen molar-refractivity contribution in [1.29, 1.82) is 0 Å². The Morgan fingerprint density at radius 3 is 2.60 bits per heavy atom. The summed E-state index contributed by atoms with van der Waals surface area (Å²) in [5.41, 5.74) is 0. The molecule has 0 saturated carbocycles. The fourth-order valence-corrected chi connectivity index (χ4v) is 1.89. The maximum Gasteiger partial charge on any atom is 0.303 e. The quantitative estimate of drug-likeness (QED) is 0.760. The third-order valence-electron chi connectivity index (χ3n) is 2.62. The minimum absolute atomic E-state index is 0.0507. The molecule has 20 heavy (non-hydrogen) atoms. The molecule has 0 heterocycles. The summed E-state index contributed by atoms with van der Waals surface area (Å²) in [4.78, 5) is 22.0. The second-order valence-electron chi connectivity index (χ2n) is 4.50. The Morgan fingerprint density at radius 2 is 2.00 bits per heavy atom. The molecule has 2 N–H and O–H groups in total. The molecule has 0 bridgehead atoms. The maximum absolute atomic E-state index is 11.6. The number of rotatable bonds is 8. The van der Waals surface area contributed by atoms with E-state index in [4.69, 9.17) is 9.84 Å². The molecule has 1 atom stereocenters. The van der Waals surface area contributed by atoms with Crippen molar-refractivity contribution in [2.45, 2.75) is 32.2 Å². The molecule has 6 heteroatoms. The third-order valence-corrected chi connectivity index (χ3v) is 3.15. The van der Waals surface area contributed by atoms with Gasteiger partial charge in [0.25, 0.3) is 5.91 Å². The number of carbonyl (C=O) groups excluding carboxylic acids is 1. The molecule has 1 aromatic carbocycles. The van der Waals surface area contributed by atoms with E-state index in [1.165, 1.54) is 0 Å². The molecule has 0 fully saturated rings. The lowest BCUT2D eigenvalue weighted by atomic mass is 10.1. The third kappa shape index (κ3) is 7.13. The van der Waals surface area contributed by atoms with Gasteiger partial charge in [0.2, 0.25) is 0 Å². The van der Waals surface area contributed by atoms with Gasteiger partial charge in [-0.05, 0) is 44.0 Å². The lowest BCUT2D eigenvalue weighted by molar-refractivity contribution is -0.137. The van der Waals surface area contributed by atoms with Crippen LogP contribution < -0.4 is 10.1 Å². The molecule has 110 valence electrons. The van der Waals surface area contributed by atoms with Gasteiger partial charge in [-0.25, -0.2) is 0 Å². The first-order valence-corrected chi connectivity index (χ1v) is 7.16. The SMILES string of the molecule is CC(CCCC(=O)O)NC(=O)COc1ccc(Br)cc1. The Labute approximate surface area is 126 Å². The fraction of sp³-hybridized carbons (Fsp3) is 0.429. The van der Waals surface area contributed by atoms with Gasteiger partial charge in [0, 0.05) is 16.9 Å². The Bertz CT molecular complexity index is 447. The number of hydrogen-bond acceptors (Lipinski definition) is 3. The van der Waals surface area contributed by atoms with Crippen LogP contribution in [0, 0.1) is 0 Å². The summed E-state index contributed by atoms with van der Waals surface area (Å²) in [6, 6.07) is 7.15. The number of aliphatic carboxylic acids is 1. The van der Waals surface area contributed by atoms with Crippen LogP contribution in [0.2, 0.25) is 0 Å². The van der Waals surface area contributed by atoms with E-state index in [0.29, 0.717) is 18.6 Å². The van der Waals surface area contributed by atoms with Crippen LogP contribution in [-0.2, 0) is 9.59 Å². The summed E-state index contributed by atoms with van der Waals surface area (Å²) in [6.07, 6.45) is 1.30. The lowest BCUT2D eigenvalue weighted by Gasteiger charge is -2.13. The minimum atomic E-state index is -0.818. The first-order chi connectivity index (χ1) is 9.47. The summed E-state index contributed by atoms with van der Waals surface area (Å²) < 4.78 is 6.29. The zero-order chi connectivity index (χ0) is 15.0. The van der Waals surface area contributed by atoms with Gasteiger partial charge >= 0.3 is 5.97 Å². The van der Waals surface area contributed by atoms with Crippen LogP contribution in [0.5, 0.6) is 5.75 Å². The smallest absolute Gasteiger partial charge is 0.303 e. The second kappa shape index (κ2) is 8.58. The first kappa shape index (κ1) is 16.5. The topological polar surface area (TPSA) is 75.6 Å². The van der Waals surface area contributed by atoms with Crippen molar-refractivity contribution in [2.75, 3.05) is 6.61 Å². The average molecular weight is 344 g/mol. The highest BCUT2D eigenvalue weighted by molar-refractivity contribution is 9.10. The van der Waals surface area contributed by atoms with E-state index >= 15 is 0 Å². The second-order valence-corrected chi connectivity index (χ2v) is 5.41. The van der Waals surface area contributed by atoms with Crippen LogP contribution in [0.3, 0.4) is 0 Å². The predicted molar refractivity (Wildman–Crippen MR) is 78.7 cm³/mol. The number of carbonyl (C=O) groups is 2. The van der Waals surface area contributed by atoms with E-state index in [0.717, 1.165) is 4.47 Å². The molecule has 0 spiro atoms. The number of benzene rings is 1. The van der Waals surface area contributed by atoms with Crippen LogP contribution >= 0.6 is 15.9 Å². The van der Waals surface area contributed by atoms with Crippen molar-refractivity contribution in [3.63, 3.8) is 0 Å². The van der Waals surface area contributed by atoms with Gasteiger partial charge in [-0.3, -0.25) is 9.59 Å². The molecular weight excluding hydrogens is 326 g/mol. The van der Waals surface area contributed by atoms with Crippen molar-refractivity contribution < 1.29 is 19.4 Å². The van der Waals surface area contributed by atoms with Crippen molar-refractivity contribution in [3.8, 4) is 5.75 Å². The molecule has 0 radical (unpaired) electrons. The molecule has 0 aliphatic carbocycles. The molecule has 0 aliphatic rings. The highest BCUT2D eigenvalue weighted by Crippen LogP contribution is 2.15. The van der Waals surface area contributed by atoms with Crippen molar-refractivity contribution >= 4 is 27.8 Å². The van der Waals surface area contributed by atoms with Gasteiger partial charge < -0.3 is 15.2 Å². The van der Waals surface area contributed by atoms with Gasteiger partial charge in [-0.15, -0.1) is 0 Å². The normalized spacial score (nSPS) is 11.7. The molecule has 0 aliphatic heterocycles. The van der Waals surface area contributed by atoms with Crippen molar-refractivity contribution in [2.24, 2.45) is 0 Å². The number of hydrogen-bond donors (Lipinski definition) is 2. The predicted octanol–water partition coefficient (Wildman–Crippen LogP) is 2.59. The summed E-state index contributed by atoms with van der Waals surface area (Å²) >= 11 is 3.32. The molecule has 0 aromatic heterocycles. The number of halogens is 1. The van der Waals surface area contributed by atoms with E-state index in [2.05, 4.69) is 21.2 Å². The molecule has 1 aromatic rings. The van der Waals surface area contributed by atoms with Crippen LogP contribution in [0.15, 0.2) is 28.7 Å². The molecular formula is C14H18BrNO4. The van der Waals surface area contributed by atoms with E-state index in [1.54, 1.807) is 12.1 Å². The lowest BCUT2D eigenvalue weighted by Crippen LogP contribution is -2.36. The maximum atomic E-state index is 11.6. The van der Waals surface area contributed by atoms with Gasteiger partial charge in [0.15, 0.2) is 6.61 Å². The highest BCUT2D eigenvalue weighted by Gasteiger charge is 2.08.